The van der Waals surface area contributed by atoms with Gasteiger partial charge >= 0.3 is 23.9 Å². The lowest BCUT2D eigenvalue weighted by Crippen LogP contribution is -2.46. The van der Waals surface area contributed by atoms with Crippen LogP contribution in [0, 0.1) is 29.1 Å². The number of thiophene rings is 2. The lowest BCUT2D eigenvalue weighted by Gasteiger charge is -2.29. The van der Waals surface area contributed by atoms with E-state index in [2.05, 4.69) is 0 Å². The van der Waals surface area contributed by atoms with Crippen molar-refractivity contribution < 1.29 is 57.3 Å². The van der Waals surface area contributed by atoms with Crippen LogP contribution in [0.5, 0.6) is 0 Å². The number of carbonyl (C=O) groups excluding carboxylic acids is 8. The largest absolute Gasteiger partial charge is 0.459 e. The highest BCUT2D eigenvalue weighted by atomic mass is 32.1. The molecule has 2 aromatic heterocycles. The van der Waals surface area contributed by atoms with E-state index in [0.717, 1.165) is 35.5 Å². The SMILES string of the molecule is O=C1C(=NC2=CC3=C(c4sc5cc(N=C6C(=O)C7CCCCC7C6=O)sc5c4C3(C(=O)OCc3ccccc3)C(=O)OCc3ccccc3)C2(C(=O)OCc2ccccc2)C(=O)OCc2ccccc2)C(=O)C2CCCCC12. The summed E-state index contributed by atoms with van der Waals surface area (Å²) in [4.78, 5) is 130. The molecule has 4 saturated carbocycles. The maximum Gasteiger partial charge on any atom is 0.334 e. The molecule has 4 atom stereocenters. The van der Waals surface area contributed by atoms with Crippen molar-refractivity contribution in [3.8, 4) is 0 Å². The molecule has 4 aromatic carbocycles. The maximum absolute atomic E-state index is 16.0. The summed E-state index contributed by atoms with van der Waals surface area (Å²) in [5, 5.41) is 0.240. The number of fused-ring (bicyclic) bond motifs is 6. The van der Waals surface area contributed by atoms with Crippen LogP contribution in [0.3, 0.4) is 0 Å². The molecule has 12 rings (SSSR count). The van der Waals surface area contributed by atoms with Gasteiger partial charge in [0.2, 0.25) is 10.8 Å². The van der Waals surface area contributed by atoms with Crippen molar-refractivity contribution in [2.24, 2.45) is 39.1 Å². The Morgan fingerprint density at radius 1 is 0.474 bits per heavy atom. The number of nitrogens with zero attached hydrogens (tertiary/aromatic N) is 2. The van der Waals surface area contributed by atoms with Crippen LogP contribution in [-0.2, 0) is 89.1 Å². The fourth-order valence-electron chi connectivity index (χ4n) is 12.2. The van der Waals surface area contributed by atoms with Gasteiger partial charge in [0.05, 0.1) is 10.4 Å². The Labute approximate surface area is 455 Å². The summed E-state index contributed by atoms with van der Waals surface area (Å²) in [7, 11) is 0. The van der Waals surface area contributed by atoms with Crippen molar-refractivity contribution in [3.05, 3.63) is 177 Å². The van der Waals surface area contributed by atoms with E-state index in [4.69, 9.17) is 28.9 Å². The van der Waals surface area contributed by atoms with E-state index in [9.17, 15) is 19.2 Å². The quantitative estimate of drug-likeness (QED) is 0.0569. The van der Waals surface area contributed by atoms with Crippen LogP contribution in [0.2, 0.25) is 0 Å². The minimum absolute atomic E-state index is 0.00379. The molecule has 0 bridgehead atoms. The zero-order chi connectivity index (χ0) is 53.7. The van der Waals surface area contributed by atoms with Crippen molar-refractivity contribution in [2.45, 2.75) is 83.2 Å². The van der Waals surface area contributed by atoms with E-state index in [1.165, 1.54) is 6.08 Å². The summed E-state index contributed by atoms with van der Waals surface area (Å²) in [5.74, 6) is -8.67. The van der Waals surface area contributed by atoms with E-state index in [0.29, 0.717) is 70.2 Å². The molecule has 4 unspecified atom stereocenters. The molecule has 4 fully saturated rings. The number of hydrogen-bond donors (Lipinski definition) is 0. The third kappa shape index (κ3) is 8.43. The minimum atomic E-state index is -2.81. The lowest BCUT2D eigenvalue weighted by molar-refractivity contribution is -0.167. The monoisotopic (exact) mass is 1080 g/mol. The van der Waals surface area contributed by atoms with Crippen molar-refractivity contribution in [2.75, 3.05) is 0 Å². The molecule has 6 aliphatic carbocycles. The van der Waals surface area contributed by atoms with Crippen molar-refractivity contribution in [3.63, 3.8) is 0 Å². The molecule has 0 amide bonds. The number of ether oxygens (including phenoxy) is 4. The first kappa shape index (κ1) is 50.7. The number of Topliss-reactive ketones (excluding diaryl/α,β-unsaturated/α-hetero) is 4. The molecule has 0 radical (unpaired) electrons. The van der Waals surface area contributed by atoms with Crippen molar-refractivity contribution in [1.29, 1.82) is 0 Å². The molecule has 0 aliphatic heterocycles. The molecule has 392 valence electrons. The number of allylic oxidation sites excluding steroid dienone is 1. The van der Waals surface area contributed by atoms with Crippen LogP contribution >= 0.6 is 22.7 Å². The summed E-state index contributed by atoms with van der Waals surface area (Å²) in [6.07, 6.45) is 6.40. The molecule has 6 aromatic rings. The number of benzene rings is 4. The van der Waals surface area contributed by atoms with Gasteiger partial charge in [-0.2, -0.15) is 0 Å². The smallest absolute Gasteiger partial charge is 0.334 e. The summed E-state index contributed by atoms with van der Waals surface area (Å²) in [6.45, 7) is -1.38. The van der Waals surface area contributed by atoms with Crippen LogP contribution < -0.4 is 0 Å². The van der Waals surface area contributed by atoms with E-state index in [1.54, 1.807) is 127 Å². The first-order valence-electron chi connectivity index (χ1n) is 26.2. The van der Waals surface area contributed by atoms with E-state index < -0.39 is 81.4 Å². The van der Waals surface area contributed by atoms with Crippen molar-refractivity contribution in [1.82, 2.24) is 0 Å². The Hall–Kier alpha value is -8.08. The highest BCUT2D eigenvalue weighted by Crippen LogP contribution is 2.66. The number of carbonyl (C=O) groups is 8. The van der Waals surface area contributed by atoms with Gasteiger partial charge in [-0.15, -0.1) is 22.7 Å². The van der Waals surface area contributed by atoms with Crippen LogP contribution in [0.1, 0.15) is 84.1 Å². The molecular formula is C62H50N2O12S2. The highest BCUT2D eigenvalue weighted by molar-refractivity contribution is 7.30. The van der Waals surface area contributed by atoms with Gasteiger partial charge in [-0.05, 0) is 65.7 Å². The molecule has 78 heavy (non-hydrogen) atoms. The number of rotatable bonds is 14. The van der Waals surface area contributed by atoms with Gasteiger partial charge in [-0.25, -0.2) is 9.98 Å². The molecule has 6 aliphatic rings. The first-order valence-corrected chi connectivity index (χ1v) is 27.9. The molecule has 2 heterocycles. The van der Waals surface area contributed by atoms with Gasteiger partial charge in [0, 0.05) is 44.4 Å². The number of hydrogen-bond acceptors (Lipinski definition) is 16. The van der Waals surface area contributed by atoms with Crippen LogP contribution in [0.15, 0.2) is 155 Å². The molecule has 0 N–H and O–H groups in total. The fourth-order valence-corrected chi connectivity index (χ4v) is 14.9. The van der Waals surface area contributed by atoms with Crippen LogP contribution in [0.25, 0.3) is 15.0 Å². The zero-order valence-corrected chi connectivity index (χ0v) is 43.7. The van der Waals surface area contributed by atoms with Gasteiger partial charge < -0.3 is 18.9 Å². The molecule has 16 heteroatoms. The average Bonchev–Trinajstić information content (AvgIpc) is 4.37. The molecular weight excluding hydrogens is 1030 g/mol. The summed E-state index contributed by atoms with van der Waals surface area (Å²) >= 11 is 2.04. The predicted octanol–water partition coefficient (Wildman–Crippen LogP) is 10.3. The topological polar surface area (TPSA) is 198 Å². The molecule has 14 nitrogen and oxygen atoms in total. The molecule has 0 spiro atoms. The standard InChI is InChI=1S/C62H50N2O12S2/c65-51-39-25-13-14-26-40(39)52(66)49(51)63-45-29-43-47(62(45,59(71)75-33-37-21-9-3-10-22-37)60(72)76-34-38-23-11-4-12-24-38)56-48(55-44(77-56)30-46(78-55)64-50-53(67)41-27-15-16-28-42(41)54(50)68)61(43,57(69)73-31-35-17-5-1-6-18-35)58(70)74-32-36-19-7-2-8-20-36/h1-12,17-24,29-30,39-42H,13-16,25-28,31-34H2. The van der Waals surface area contributed by atoms with E-state index >= 15 is 19.2 Å². The van der Waals surface area contributed by atoms with Gasteiger partial charge in [0.1, 0.15) is 37.1 Å². The minimum Gasteiger partial charge on any atom is -0.459 e. The average molecular weight is 1080 g/mol. The second-order valence-corrected chi connectivity index (χ2v) is 22.6. The summed E-state index contributed by atoms with van der Waals surface area (Å²) < 4.78 is 25.6. The highest BCUT2D eigenvalue weighted by Gasteiger charge is 2.71. The Morgan fingerprint density at radius 3 is 1.22 bits per heavy atom. The van der Waals surface area contributed by atoms with Crippen LogP contribution in [-0.4, -0.2) is 58.4 Å². The van der Waals surface area contributed by atoms with Gasteiger partial charge in [-0.1, -0.05) is 147 Å². The Morgan fingerprint density at radius 2 is 0.833 bits per heavy atom. The normalized spacial score (nSPS) is 21.6. The third-order valence-electron chi connectivity index (χ3n) is 16.0. The second-order valence-electron chi connectivity index (χ2n) is 20.5. The summed E-state index contributed by atoms with van der Waals surface area (Å²) in [6, 6.07) is 36.7. The second kappa shape index (κ2) is 20.7. The number of ketones is 4. The Bertz CT molecular complexity index is 3450. The van der Waals surface area contributed by atoms with Crippen LogP contribution in [0.4, 0.5) is 5.00 Å². The lowest BCUT2D eigenvalue weighted by atomic mass is 9.77. The summed E-state index contributed by atoms with van der Waals surface area (Å²) in [5.41, 5.74) is -4.78. The van der Waals surface area contributed by atoms with Gasteiger partial charge in [-0.3, -0.25) is 38.4 Å². The fraction of sp³-hybridized carbons (Fsp3) is 0.290. The first-order chi connectivity index (χ1) is 38.0. The van der Waals surface area contributed by atoms with Gasteiger partial charge in [0.15, 0.2) is 28.8 Å². The zero-order valence-electron chi connectivity index (χ0n) is 42.1. The number of esters is 4. The van der Waals surface area contributed by atoms with Crippen molar-refractivity contribution >= 4 is 101 Å². The van der Waals surface area contributed by atoms with E-state index in [1.807, 2.05) is 0 Å². The number of aliphatic imine (C=N–C) groups is 2. The van der Waals surface area contributed by atoms with Gasteiger partial charge in [0.25, 0.3) is 0 Å². The third-order valence-corrected chi connectivity index (χ3v) is 18.3. The Balaban J connectivity index is 1.11. The van der Waals surface area contributed by atoms with E-state index in [-0.39, 0.29) is 70.3 Å². The molecule has 0 saturated heterocycles. The Kier molecular flexibility index (Phi) is 13.5. The maximum atomic E-state index is 16.0. The predicted molar refractivity (Wildman–Crippen MR) is 289 cm³/mol.